The Hall–Kier alpha value is -1.79. The highest BCUT2D eigenvalue weighted by Crippen LogP contribution is 2.35. The lowest BCUT2D eigenvalue weighted by molar-refractivity contribution is 0.0404. The summed E-state index contributed by atoms with van der Waals surface area (Å²) in [5.41, 5.74) is 2.46. The van der Waals surface area contributed by atoms with Crippen molar-refractivity contribution in [3.63, 3.8) is 0 Å². The summed E-state index contributed by atoms with van der Waals surface area (Å²) < 4.78 is 11.1. The van der Waals surface area contributed by atoms with Crippen molar-refractivity contribution in [3.05, 3.63) is 29.3 Å². The fourth-order valence-electron chi connectivity index (χ4n) is 3.57. The molecule has 6 heteroatoms. The third-order valence-electron chi connectivity index (χ3n) is 5.45. The smallest absolute Gasteiger partial charge is 0.409 e. The molecule has 1 aromatic carbocycles. The average molecular weight is 421 g/mol. The summed E-state index contributed by atoms with van der Waals surface area (Å²) in [7, 11) is 0. The second kappa shape index (κ2) is 10.0. The Morgan fingerprint density at radius 1 is 1.07 bits per heavy atom. The highest BCUT2D eigenvalue weighted by atomic mass is 16.6. The molecule has 1 atom stereocenters. The molecule has 1 N–H and O–H groups in total. The quantitative estimate of drug-likeness (QED) is 0.759. The number of β-amino-alcohol motifs (C(OH)–C–C–N with tert-alkyl or cyclic N) is 1. The maximum Gasteiger partial charge on any atom is 0.409 e. The van der Waals surface area contributed by atoms with E-state index < -0.39 is 6.10 Å². The third-order valence-corrected chi connectivity index (χ3v) is 5.45. The number of carbonyl (C=O) groups excluding carboxylic acids is 1. The molecule has 1 fully saturated rings. The van der Waals surface area contributed by atoms with Crippen molar-refractivity contribution in [2.45, 2.75) is 65.4 Å². The van der Waals surface area contributed by atoms with E-state index in [0.29, 0.717) is 26.2 Å². The van der Waals surface area contributed by atoms with Crippen molar-refractivity contribution in [1.29, 1.82) is 0 Å². The summed E-state index contributed by atoms with van der Waals surface area (Å²) in [6, 6.07) is 6.38. The lowest BCUT2D eigenvalue weighted by Gasteiger charge is -2.35. The zero-order valence-corrected chi connectivity index (χ0v) is 19.8. The summed E-state index contributed by atoms with van der Waals surface area (Å²) in [5.74, 6) is 0.835. The van der Waals surface area contributed by atoms with Crippen LogP contribution in [-0.2, 0) is 15.6 Å². The molecule has 0 radical (unpaired) electrons. The number of carbonyl (C=O) groups is 1. The number of benzene rings is 1. The first-order valence-corrected chi connectivity index (χ1v) is 11.0. The standard InChI is InChI=1S/C24H40N2O4/c1-8-29-22(28)26-13-11-25(12-14-26)16-19(27)17-30-21-10-9-18(23(2,3)4)15-20(21)24(5,6)7/h9-10,15,19,27H,8,11-14,16-17H2,1-7H3/t19-/m0/s1. The summed E-state index contributed by atoms with van der Waals surface area (Å²) in [5, 5.41) is 10.5. The molecule has 2 rings (SSSR count). The number of amides is 1. The van der Waals surface area contributed by atoms with Gasteiger partial charge in [-0.15, -0.1) is 0 Å². The van der Waals surface area contributed by atoms with Crippen molar-refractivity contribution in [1.82, 2.24) is 9.80 Å². The number of nitrogens with zero attached hydrogens (tertiary/aromatic N) is 2. The maximum atomic E-state index is 11.8. The lowest BCUT2D eigenvalue weighted by atomic mass is 9.80. The molecule has 1 saturated heterocycles. The van der Waals surface area contributed by atoms with Gasteiger partial charge in [-0.25, -0.2) is 4.79 Å². The van der Waals surface area contributed by atoms with Crippen molar-refractivity contribution in [3.8, 4) is 5.75 Å². The monoisotopic (exact) mass is 420 g/mol. The second-order valence-corrected chi connectivity index (χ2v) is 10.2. The summed E-state index contributed by atoms with van der Waals surface area (Å²) in [6.07, 6.45) is -0.844. The van der Waals surface area contributed by atoms with E-state index in [1.54, 1.807) is 4.90 Å². The Morgan fingerprint density at radius 3 is 2.23 bits per heavy atom. The Morgan fingerprint density at radius 2 is 1.70 bits per heavy atom. The van der Waals surface area contributed by atoms with Crippen molar-refractivity contribution in [2.75, 3.05) is 45.9 Å². The first-order chi connectivity index (χ1) is 13.9. The molecular formula is C24H40N2O4. The van der Waals surface area contributed by atoms with Crippen LogP contribution in [0.15, 0.2) is 18.2 Å². The zero-order chi connectivity index (χ0) is 22.5. The SMILES string of the molecule is CCOC(=O)N1CCN(C[C@H](O)COc2ccc(C(C)(C)C)cc2C(C)(C)C)CC1. The number of hydrogen-bond donors (Lipinski definition) is 1. The van der Waals surface area contributed by atoms with E-state index >= 15 is 0 Å². The van der Waals surface area contributed by atoms with E-state index in [2.05, 4.69) is 58.6 Å². The fraction of sp³-hybridized carbons (Fsp3) is 0.708. The molecule has 30 heavy (non-hydrogen) atoms. The minimum Gasteiger partial charge on any atom is -0.491 e. The van der Waals surface area contributed by atoms with Gasteiger partial charge in [0.1, 0.15) is 18.5 Å². The number of aliphatic hydroxyl groups excluding tert-OH is 1. The zero-order valence-electron chi connectivity index (χ0n) is 19.8. The number of aliphatic hydroxyl groups is 1. The van der Waals surface area contributed by atoms with Crippen LogP contribution >= 0.6 is 0 Å². The van der Waals surface area contributed by atoms with Crippen LogP contribution in [0.5, 0.6) is 5.75 Å². The van der Waals surface area contributed by atoms with E-state index in [-0.39, 0.29) is 23.5 Å². The molecule has 170 valence electrons. The van der Waals surface area contributed by atoms with Gasteiger partial charge in [-0.1, -0.05) is 53.7 Å². The van der Waals surface area contributed by atoms with E-state index in [9.17, 15) is 9.90 Å². The Labute approximate surface area is 182 Å². The Bertz CT molecular complexity index is 698. The van der Waals surface area contributed by atoms with E-state index in [1.807, 2.05) is 13.0 Å². The summed E-state index contributed by atoms with van der Waals surface area (Å²) >= 11 is 0. The van der Waals surface area contributed by atoms with Crippen LogP contribution in [0, 0.1) is 0 Å². The van der Waals surface area contributed by atoms with Gasteiger partial charge in [-0.3, -0.25) is 4.90 Å². The first kappa shape index (κ1) is 24.5. The molecule has 0 spiro atoms. The second-order valence-electron chi connectivity index (χ2n) is 10.2. The molecule has 6 nitrogen and oxygen atoms in total. The average Bonchev–Trinajstić information content (AvgIpc) is 2.65. The van der Waals surface area contributed by atoms with Crippen LogP contribution < -0.4 is 4.74 Å². The van der Waals surface area contributed by atoms with Crippen LogP contribution in [0.2, 0.25) is 0 Å². The summed E-state index contributed by atoms with van der Waals surface area (Å²) in [6.45, 7) is 18.8. The van der Waals surface area contributed by atoms with Gasteiger partial charge < -0.3 is 19.5 Å². The topological polar surface area (TPSA) is 62.2 Å². The summed E-state index contributed by atoms with van der Waals surface area (Å²) in [4.78, 5) is 15.7. The van der Waals surface area contributed by atoms with E-state index in [1.165, 1.54) is 5.56 Å². The molecule has 1 amide bonds. The van der Waals surface area contributed by atoms with Gasteiger partial charge in [0.05, 0.1) is 6.61 Å². The largest absolute Gasteiger partial charge is 0.491 e. The van der Waals surface area contributed by atoms with Gasteiger partial charge in [0.15, 0.2) is 0 Å². The van der Waals surface area contributed by atoms with Crippen LogP contribution in [0.1, 0.15) is 59.6 Å². The van der Waals surface area contributed by atoms with Gasteiger partial charge in [0, 0.05) is 32.7 Å². The van der Waals surface area contributed by atoms with Crippen molar-refractivity contribution < 1.29 is 19.4 Å². The predicted octanol–water partition coefficient (Wildman–Crippen LogP) is 3.80. The van der Waals surface area contributed by atoms with Crippen LogP contribution in [0.25, 0.3) is 0 Å². The minimum absolute atomic E-state index is 0.0506. The van der Waals surface area contributed by atoms with Gasteiger partial charge in [0.2, 0.25) is 0 Å². The third kappa shape index (κ3) is 6.88. The van der Waals surface area contributed by atoms with Gasteiger partial charge in [0.25, 0.3) is 0 Å². The van der Waals surface area contributed by atoms with Crippen LogP contribution in [0.3, 0.4) is 0 Å². The lowest BCUT2D eigenvalue weighted by Crippen LogP contribution is -2.51. The number of hydrogen-bond acceptors (Lipinski definition) is 5. The fourth-order valence-corrected chi connectivity index (χ4v) is 3.57. The maximum absolute atomic E-state index is 11.8. The molecular weight excluding hydrogens is 380 g/mol. The molecule has 1 heterocycles. The Balaban J connectivity index is 1.92. The normalized spacial score (nSPS) is 17.0. The molecule has 0 bridgehead atoms. The van der Waals surface area contributed by atoms with Crippen LogP contribution in [0.4, 0.5) is 4.79 Å². The van der Waals surface area contributed by atoms with Crippen molar-refractivity contribution >= 4 is 6.09 Å². The molecule has 0 aromatic heterocycles. The molecule has 1 aliphatic heterocycles. The van der Waals surface area contributed by atoms with E-state index in [0.717, 1.165) is 24.4 Å². The first-order valence-electron chi connectivity index (χ1n) is 11.0. The number of rotatable bonds is 6. The number of piperazine rings is 1. The highest BCUT2D eigenvalue weighted by Gasteiger charge is 2.25. The van der Waals surface area contributed by atoms with Gasteiger partial charge in [-0.2, -0.15) is 0 Å². The number of ether oxygens (including phenoxy) is 2. The van der Waals surface area contributed by atoms with Gasteiger partial charge in [-0.05, 0) is 34.9 Å². The molecule has 0 aliphatic carbocycles. The van der Waals surface area contributed by atoms with Gasteiger partial charge >= 0.3 is 6.09 Å². The molecule has 1 aromatic rings. The van der Waals surface area contributed by atoms with Crippen molar-refractivity contribution in [2.24, 2.45) is 0 Å². The Kier molecular flexibility index (Phi) is 8.17. The molecule has 0 unspecified atom stereocenters. The molecule has 0 saturated carbocycles. The predicted molar refractivity (Wildman–Crippen MR) is 120 cm³/mol. The van der Waals surface area contributed by atoms with Crippen LogP contribution in [-0.4, -0.2) is 73.0 Å². The molecule has 1 aliphatic rings. The highest BCUT2D eigenvalue weighted by molar-refractivity contribution is 5.67. The van der Waals surface area contributed by atoms with E-state index in [4.69, 9.17) is 9.47 Å². The minimum atomic E-state index is -0.589.